The van der Waals surface area contributed by atoms with Gasteiger partial charge in [0.2, 0.25) is 6.79 Å². The first-order valence-corrected chi connectivity index (χ1v) is 8.97. The molecular weight excluding hydrogens is 380 g/mol. The van der Waals surface area contributed by atoms with Crippen LogP contribution in [0.15, 0.2) is 47.5 Å². The van der Waals surface area contributed by atoms with Gasteiger partial charge in [-0.05, 0) is 50.2 Å². The predicted octanol–water partition coefficient (Wildman–Crippen LogP) is 4.93. The lowest BCUT2D eigenvalue weighted by Crippen LogP contribution is -2.02. The Morgan fingerprint density at radius 2 is 1.93 bits per heavy atom. The zero-order chi connectivity index (χ0) is 19.8. The number of carboxylic acid groups (broad SMARTS) is 1. The van der Waals surface area contributed by atoms with Crippen molar-refractivity contribution in [2.24, 2.45) is 4.99 Å². The van der Waals surface area contributed by atoms with Crippen LogP contribution in [0.1, 0.15) is 27.3 Å². The Balaban J connectivity index is 1.66. The molecule has 0 saturated carbocycles. The van der Waals surface area contributed by atoms with Gasteiger partial charge in [-0.15, -0.1) is 0 Å². The third-order valence-electron chi connectivity index (χ3n) is 4.62. The highest BCUT2D eigenvalue weighted by atomic mass is 35.5. The molecule has 0 spiro atoms. The van der Waals surface area contributed by atoms with Crippen molar-refractivity contribution < 1.29 is 19.4 Å². The summed E-state index contributed by atoms with van der Waals surface area (Å²) in [6, 6.07) is 12.5. The molecule has 0 fully saturated rings. The van der Waals surface area contributed by atoms with E-state index in [0.29, 0.717) is 5.75 Å². The Morgan fingerprint density at radius 1 is 1.14 bits per heavy atom. The predicted molar refractivity (Wildman–Crippen MR) is 107 cm³/mol. The van der Waals surface area contributed by atoms with Gasteiger partial charge in [-0.3, -0.25) is 4.99 Å². The van der Waals surface area contributed by atoms with Crippen molar-refractivity contribution in [1.29, 1.82) is 0 Å². The lowest BCUT2D eigenvalue weighted by atomic mass is 10.2. The van der Waals surface area contributed by atoms with Crippen LogP contribution in [0.4, 0.5) is 5.69 Å². The fourth-order valence-corrected chi connectivity index (χ4v) is 3.50. The smallest absolute Gasteiger partial charge is 0.337 e. The maximum Gasteiger partial charge on any atom is 0.337 e. The summed E-state index contributed by atoms with van der Waals surface area (Å²) in [7, 11) is 0. The number of aromatic carboxylic acids is 1. The van der Waals surface area contributed by atoms with Crippen LogP contribution in [0, 0.1) is 13.8 Å². The molecule has 0 atom stereocenters. The average molecular weight is 397 g/mol. The number of aryl methyl sites for hydroxylation is 1. The van der Waals surface area contributed by atoms with Crippen molar-refractivity contribution in [3.8, 4) is 17.2 Å². The summed E-state index contributed by atoms with van der Waals surface area (Å²) in [4.78, 5) is 15.7. The Labute approximate surface area is 166 Å². The molecule has 6 nitrogen and oxygen atoms in total. The molecule has 0 radical (unpaired) electrons. The van der Waals surface area contributed by atoms with Gasteiger partial charge in [-0.1, -0.05) is 11.6 Å². The number of hydrogen-bond donors (Lipinski definition) is 1. The fraction of sp³-hybridized carbons (Fsp3) is 0.143. The molecule has 28 heavy (non-hydrogen) atoms. The third-order valence-corrected chi connectivity index (χ3v) is 4.93. The highest BCUT2D eigenvalue weighted by Crippen LogP contribution is 2.35. The molecule has 3 aromatic rings. The zero-order valence-electron chi connectivity index (χ0n) is 15.3. The highest BCUT2D eigenvalue weighted by molar-refractivity contribution is 6.33. The zero-order valence-corrected chi connectivity index (χ0v) is 16.0. The number of nitrogens with zero attached hydrogens (tertiary/aromatic N) is 2. The van der Waals surface area contributed by atoms with Gasteiger partial charge in [0, 0.05) is 34.9 Å². The number of rotatable bonds is 4. The van der Waals surface area contributed by atoms with Crippen LogP contribution in [0.2, 0.25) is 5.02 Å². The SMILES string of the molecule is Cc1cc(C=Nc2ccc3c(c2)OCO3)c(C)n1-c1ccc(C(=O)O)c(Cl)c1. The molecule has 1 aromatic heterocycles. The number of aliphatic imine (C=N–C) groups is 1. The van der Waals surface area contributed by atoms with Crippen molar-refractivity contribution in [1.82, 2.24) is 4.57 Å². The van der Waals surface area contributed by atoms with Gasteiger partial charge in [-0.2, -0.15) is 0 Å². The van der Waals surface area contributed by atoms with Crippen LogP contribution < -0.4 is 9.47 Å². The molecule has 2 heterocycles. The van der Waals surface area contributed by atoms with E-state index < -0.39 is 5.97 Å². The molecule has 2 aromatic carbocycles. The van der Waals surface area contributed by atoms with Crippen molar-refractivity contribution >= 4 is 29.5 Å². The molecule has 142 valence electrons. The van der Waals surface area contributed by atoms with Crippen molar-refractivity contribution in [3.05, 3.63) is 70.0 Å². The van der Waals surface area contributed by atoms with E-state index in [1.807, 2.05) is 42.7 Å². The second-order valence-electron chi connectivity index (χ2n) is 6.43. The van der Waals surface area contributed by atoms with Crippen molar-refractivity contribution in [2.75, 3.05) is 6.79 Å². The number of aromatic nitrogens is 1. The van der Waals surface area contributed by atoms with E-state index in [1.165, 1.54) is 6.07 Å². The molecule has 0 unspecified atom stereocenters. The van der Waals surface area contributed by atoms with Crippen LogP contribution in [0.3, 0.4) is 0 Å². The molecule has 4 rings (SSSR count). The second kappa shape index (κ2) is 7.05. The minimum absolute atomic E-state index is 0.0810. The average Bonchev–Trinajstić information content (AvgIpc) is 3.23. The lowest BCUT2D eigenvalue weighted by molar-refractivity contribution is 0.0697. The van der Waals surface area contributed by atoms with E-state index in [2.05, 4.69) is 4.99 Å². The van der Waals surface area contributed by atoms with Gasteiger partial charge >= 0.3 is 5.97 Å². The molecule has 7 heteroatoms. The maximum atomic E-state index is 11.2. The van der Waals surface area contributed by atoms with Gasteiger partial charge < -0.3 is 19.1 Å². The summed E-state index contributed by atoms with van der Waals surface area (Å²) >= 11 is 6.13. The topological polar surface area (TPSA) is 73.0 Å². The van der Waals surface area contributed by atoms with E-state index >= 15 is 0 Å². The normalized spacial score (nSPS) is 12.7. The molecule has 1 N–H and O–H groups in total. The molecule has 0 saturated heterocycles. The molecule has 1 aliphatic heterocycles. The van der Waals surface area contributed by atoms with Gasteiger partial charge in [-0.25, -0.2) is 4.79 Å². The molecule has 1 aliphatic rings. The van der Waals surface area contributed by atoms with Gasteiger partial charge in [0.25, 0.3) is 0 Å². The summed E-state index contributed by atoms with van der Waals surface area (Å²) in [5.41, 5.74) is 4.56. The van der Waals surface area contributed by atoms with Gasteiger partial charge in [0.15, 0.2) is 11.5 Å². The summed E-state index contributed by atoms with van der Waals surface area (Å²) in [5.74, 6) is 0.362. The fourth-order valence-electron chi connectivity index (χ4n) is 3.24. The lowest BCUT2D eigenvalue weighted by Gasteiger charge is -2.11. The number of carboxylic acids is 1. The van der Waals surface area contributed by atoms with Crippen LogP contribution in [0.25, 0.3) is 5.69 Å². The third kappa shape index (κ3) is 3.23. The Morgan fingerprint density at radius 3 is 2.68 bits per heavy atom. The number of hydrogen-bond acceptors (Lipinski definition) is 4. The first-order valence-electron chi connectivity index (χ1n) is 8.60. The summed E-state index contributed by atoms with van der Waals surface area (Å²) in [6.45, 7) is 4.18. The van der Waals surface area contributed by atoms with Gasteiger partial charge in [0.1, 0.15) is 0 Å². The Hall–Kier alpha value is -3.25. The van der Waals surface area contributed by atoms with Crippen molar-refractivity contribution in [2.45, 2.75) is 13.8 Å². The summed E-state index contributed by atoms with van der Waals surface area (Å²) < 4.78 is 12.7. The first kappa shape index (κ1) is 18.1. The van der Waals surface area contributed by atoms with Crippen LogP contribution in [-0.4, -0.2) is 28.7 Å². The number of ether oxygens (including phenoxy) is 2. The number of carbonyl (C=O) groups is 1. The molecule has 0 aliphatic carbocycles. The quantitative estimate of drug-likeness (QED) is 0.635. The van der Waals surface area contributed by atoms with E-state index in [0.717, 1.165) is 34.1 Å². The van der Waals surface area contributed by atoms with E-state index in [1.54, 1.807) is 18.3 Å². The summed E-state index contributed by atoms with van der Waals surface area (Å²) in [5, 5.41) is 9.35. The minimum atomic E-state index is -1.05. The Bertz CT molecular complexity index is 1120. The minimum Gasteiger partial charge on any atom is -0.478 e. The highest BCUT2D eigenvalue weighted by Gasteiger charge is 2.15. The van der Waals surface area contributed by atoms with Crippen LogP contribution in [-0.2, 0) is 0 Å². The Kier molecular flexibility index (Phi) is 4.57. The second-order valence-corrected chi connectivity index (χ2v) is 6.83. The maximum absolute atomic E-state index is 11.2. The van der Waals surface area contributed by atoms with Crippen molar-refractivity contribution in [3.63, 3.8) is 0 Å². The largest absolute Gasteiger partial charge is 0.478 e. The molecule has 0 bridgehead atoms. The van der Waals surface area contributed by atoms with Crippen LogP contribution >= 0.6 is 11.6 Å². The molecule has 0 amide bonds. The number of benzene rings is 2. The standard InChI is InChI=1S/C21H17ClN2O4/c1-12-7-14(10-23-15-3-6-19-20(8-15)28-11-27-19)13(2)24(12)16-4-5-17(21(25)26)18(22)9-16/h3-10H,11H2,1-2H3,(H,25,26). The number of halogens is 1. The monoisotopic (exact) mass is 396 g/mol. The number of fused-ring (bicyclic) bond motifs is 1. The van der Waals surface area contributed by atoms with E-state index in [-0.39, 0.29) is 17.4 Å². The van der Waals surface area contributed by atoms with Gasteiger partial charge in [0.05, 0.1) is 16.3 Å². The van der Waals surface area contributed by atoms with E-state index in [9.17, 15) is 4.79 Å². The summed E-state index contributed by atoms with van der Waals surface area (Å²) in [6.07, 6.45) is 1.80. The first-order chi connectivity index (χ1) is 13.4. The van der Waals surface area contributed by atoms with Crippen LogP contribution in [0.5, 0.6) is 11.5 Å². The molecular formula is C21H17ClN2O4. The van der Waals surface area contributed by atoms with E-state index in [4.69, 9.17) is 26.2 Å².